The number of morpholine rings is 1. The maximum Gasteiger partial charge on any atom is 0.416 e. The third-order valence-electron chi connectivity index (χ3n) is 4.48. The van der Waals surface area contributed by atoms with Gasteiger partial charge in [0.05, 0.1) is 29.9 Å². The fourth-order valence-corrected chi connectivity index (χ4v) is 3.10. The number of ether oxygens (including phenoxy) is 2. The molecule has 158 valence electrons. The largest absolute Gasteiger partial charge is 0.416 e. The Morgan fingerprint density at radius 2 is 1.55 bits per heavy atom. The first-order chi connectivity index (χ1) is 13.5. The van der Waals surface area contributed by atoms with E-state index in [4.69, 9.17) is 9.47 Å². The van der Waals surface area contributed by atoms with Crippen molar-refractivity contribution in [3.05, 3.63) is 70.8 Å². The smallest absolute Gasteiger partial charge is 0.346 e. The van der Waals surface area contributed by atoms with Crippen molar-refractivity contribution >= 4 is 0 Å². The molecule has 0 spiro atoms. The first-order valence-corrected chi connectivity index (χ1v) is 8.88. The van der Waals surface area contributed by atoms with Gasteiger partial charge in [-0.05, 0) is 36.2 Å². The maximum atomic E-state index is 13.0. The van der Waals surface area contributed by atoms with E-state index >= 15 is 0 Å². The van der Waals surface area contributed by atoms with E-state index < -0.39 is 42.4 Å². The van der Waals surface area contributed by atoms with Gasteiger partial charge < -0.3 is 14.8 Å². The van der Waals surface area contributed by atoms with E-state index in [-0.39, 0.29) is 17.7 Å². The van der Waals surface area contributed by atoms with E-state index in [0.29, 0.717) is 18.7 Å². The molecule has 0 unspecified atom stereocenters. The van der Waals surface area contributed by atoms with E-state index in [0.717, 1.165) is 5.56 Å². The molecule has 0 amide bonds. The predicted molar refractivity (Wildman–Crippen MR) is 92.8 cm³/mol. The van der Waals surface area contributed by atoms with Gasteiger partial charge >= 0.3 is 12.4 Å². The van der Waals surface area contributed by atoms with E-state index in [1.54, 1.807) is 6.92 Å². The molecule has 29 heavy (non-hydrogen) atoms. The molecule has 1 heterocycles. The fraction of sp³-hybridized carbons (Fsp3) is 0.400. The minimum absolute atomic E-state index is 0.0943. The summed E-state index contributed by atoms with van der Waals surface area (Å²) in [5, 5.41) is 3.23. The molecule has 3 nitrogen and oxygen atoms in total. The van der Waals surface area contributed by atoms with Crippen LogP contribution in [-0.4, -0.2) is 18.9 Å². The summed E-state index contributed by atoms with van der Waals surface area (Å²) in [6.07, 6.45) is -10.9. The zero-order valence-electron chi connectivity index (χ0n) is 15.3. The Kier molecular flexibility index (Phi) is 6.21. The van der Waals surface area contributed by atoms with Gasteiger partial charge in [0.25, 0.3) is 0 Å². The van der Waals surface area contributed by atoms with Gasteiger partial charge in [-0.3, -0.25) is 0 Å². The first kappa shape index (κ1) is 21.6. The molecule has 3 rings (SSSR count). The summed E-state index contributed by atoms with van der Waals surface area (Å²) in [6.45, 7) is 1.85. The highest BCUT2D eigenvalue weighted by Crippen LogP contribution is 2.36. The monoisotopic (exact) mass is 419 g/mol. The molecular weight excluding hydrogens is 400 g/mol. The highest BCUT2D eigenvalue weighted by molar-refractivity contribution is 5.33. The van der Waals surface area contributed by atoms with Crippen LogP contribution in [0.25, 0.3) is 0 Å². The van der Waals surface area contributed by atoms with Crippen LogP contribution in [0.4, 0.5) is 26.3 Å². The van der Waals surface area contributed by atoms with Gasteiger partial charge in [0.15, 0.2) is 6.29 Å². The summed E-state index contributed by atoms with van der Waals surface area (Å²) in [5.74, 6) is 0. The van der Waals surface area contributed by atoms with Crippen LogP contribution in [0.15, 0.2) is 48.5 Å². The summed E-state index contributed by atoms with van der Waals surface area (Å²) in [5.41, 5.74) is -2.15. The minimum atomic E-state index is -4.90. The number of benzene rings is 2. The lowest BCUT2D eigenvalue weighted by atomic mass is 10.0. The number of nitrogens with one attached hydrogen (secondary N) is 1. The summed E-state index contributed by atoms with van der Waals surface area (Å²) < 4.78 is 89.5. The second-order valence-electron chi connectivity index (χ2n) is 6.84. The van der Waals surface area contributed by atoms with Crippen molar-refractivity contribution in [1.29, 1.82) is 0 Å². The van der Waals surface area contributed by atoms with E-state index in [2.05, 4.69) is 5.32 Å². The molecule has 0 aliphatic carbocycles. The van der Waals surface area contributed by atoms with Crippen LogP contribution in [0.2, 0.25) is 0 Å². The predicted octanol–water partition coefficient (Wildman–Crippen LogP) is 5.32. The average molecular weight is 419 g/mol. The second kappa shape index (κ2) is 8.33. The van der Waals surface area contributed by atoms with Crippen molar-refractivity contribution in [2.24, 2.45) is 0 Å². The van der Waals surface area contributed by atoms with E-state index in [1.165, 1.54) is 0 Å². The van der Waals surface area contributed by atoms with Crippen molar-refractivity contribution < 1.29 is 35.8 Å². The van der Waals surface area contributed by atoms with Gasteiger partial charge in [-0.25, -0.2) is 0 Å². The Labute approximate surface area is 163 Å². The normalized spacial score (nSPS) is 23.2. The topological polar surface area (TPSA) is 30.5 Å². The van der Waals surface area contributed by atoms with Gasteiger partial charge in [-0.1, -0.05) is 30.3 Å². The second-order valence-corrected chi connectivity index (χ2v) is 6.84. The molecule has 2 aromatic rings. The quantitative estimate of drug-likeness (QED) is 0.681. The van der Waals surface area contributed by atoms with Gasteiger partial charge in [0.1, 0.15) is 0 Å². The van der Waals surface area contributed by atoms with Crippen LogP contribution in [0.1, 0.15) is 35.2 Å². The first-order valence-electron chi connectivity index (χ1n) is 8.88. The van der Waals surface area contributed by atoms with Crippen molar-refractivity contribution in [1.82, 2.24) is 5.32 Å². The number of hydrogen-bond donors (Lipinski definition) is 1. The Bertz CT molecular complexity index is 790. The molecule has 1 aliphatic heterocycles. The highest BCUT2D eigenvalue weighted by Gasteiger charge is 2.37. The third kappa shape index (κ3) is 5.49. The number of alkyl halides is 6. The molecule has 1 saturated heterocycles. The van der Waals surface area contributed by atoms with E-state index in [1.807, 2.05) is 30.3 Å². The zero-order valence-corrected chi connectivity index (χ0v) is 15.3. The van der Waals surface area contributed by atoms with Crippen LogP contribution in [-0.2, 0) is 28.4 Å². The number of rotatable bonds is 4. The van der Waals surface area contributed by atoms with Crippen LogP contribution < -0.4 is 5.32 Å². The molecule has 2 aromatic carbocycles. The van der Waals surface area contributed by atoms with Crippen molar-refractivity contribution in [2.75, 3.05) is 6.54 Å². The summed E-state index contributed by atoms with van der Waals surface area (Å²) in [7, 11) is 0. The van der Waals surface area contributed by atoms with Gasteiger partial charge in [-0.2, -0.15) is 26.3 Å². The fourth-order valence-electron chi connectivity index (χ4n) is 3.10. The van der Waals surface area contributed by atoms with Crippen LogP contribution in [0.3, 0.4) is 0 Å². The van der Waals surface area contributed by atoms with Crippen molar-refractivity contribution in [3.63, 3.8) is 0 Å². The van der Waals surface area contributed by atoms with Crippen LogP contribution in [0, 0.1) is 0 Å². The van der Waals surface area contributed by atoms with Crippen LogP contribution >= 0.6 is 0 Å². The Balaban J connectivity index is 1.83. The molecule has 1 aliphatic rings. The maximum absolute atomic E-state index is 13.0. The average Bonchev–Trinajstić information content (AvgIpc) is 2.65. The molecule has 0 saturated carbocycles. The zero-order chi connectivity index (χ0) is 21.2. The lowest BCUT2D eigenvalue weighted by molar-refractivity contribution is -0.208. The highest BCUT2D eigenvalue weighted by atomic mass is 19.4. The van der Waals surface area contributed by atoms with Crippen LogP contribution in [0.5, 0.6) is 0 Å². The molecule has 0 radical (unpaired) electrons. The molecule has 0 aromatic heterocycles. The Morgan fingerprint density at radius 3 is 2.10 bits per heavy atom. The Hall–Kier alpha value is -2.10. The van der Waals surface area contributed by atoms with Crippen molar-refractivity contribution in [3.8, 4) is 0 Å². The summed E-state index contributed by atoms with van der Waals surface area (Å²) in [6, 6.07) is 10.1. The van der Waals surface area contributed by atoms with Gasteiger partial charge in [-0.15, -0.1) is 0 Å². The molecule has 3 atom stereocenters. The lowest BCUT2D eigenvalue weighted by Crippen LogP contribution is -2.47. The number of hydrogen-bond acceptors (Lipinski definition) is 3. The molecular formula is C20H19F6NO2. The molecule has 9 heteroatoms. The van der Waals surface area contributed by atoms with Gasteiger partial charge in [0, 0.05) is 6.54 Å². The third-order valence-corrected chi connectivity index (χ3v) is 4.48. The van der Waals surface area contributed by atoms with E-state index in [9.17, 15) is 26.3 Å². The Morgan fingerprint density at radius 1 is 0.966 bits per heavy atom. The summed E-state index contributed by atoms with van der Waals surface area (Å²) >= 11 is 0. The molecule has 0 bridgehead atoms. The van der Waals surface area contributed by atoms with Crippen molar-refractivity contribution in [2.45, 2.75) is 44.3 Å². The number of halogens is 6. The summed E-state index contributed by atoms with van der Waals surface area (Å²) in [4.78, 5) is 0. The molecule has 1 fully saturated rings. The SMILES string of the molecule is C[C@@H]1CN[C@H](c2ccccc2)[C@@H](OCc2cc(C(F)(F)F)cc(C(F)(F)F)c2)O1. The van der Waals surface area contributed by atoms with Gasteiger partial charge in [0.2, 0.25) is 0 Å². The lowest BCUT2D eigenvalue weighted by Gasteiger charge is -2.36. The molecule has 1 N–H and O–H groups in total. The minimum Gasteiger partial charge on any atom is -0.346 e. The standard InChI is InChI=1S/C20H19F6NO2/c1-12-10-27-17(14-5-3-2-4-6-14)18(29-12)28-11-13-7-15(19(21,22)23)9-16(8-13)20(24,25)26/h2-9,12,17-18,27H,10-11H2,1H3/t12-,17-,18+/m1/s1.